The van der Waals surface area contributed by atoms with Crippen LogP contribution < -0.4 is 9.47 Å². The highest BCUT2D eigenvalue weighted by Crippen LogP contribution is 2.24. The van der Waals surface area contributed by atoms with Crippen molar-refractivity contribution in [3.8, 4) is 28.8 Å². The summed E-state index contributed by atoms with van der Waals surface area (Å²) in [5, 5.41) is 0.657. The van der Waals surface area contributed by atoms with E-state index in [1.165, 1.54) is 0 Å². The molecule has 0 aliphatic heterocycles. The third-order valence-corrected chi connectivity index (χ3v) is 3.84. The lowest BCUT2D eigenvalue weighted by Gasteiger charge is -2.08. The SMILES string of the molecule is ClCCCOc1ccc(-c2nccc(Oc3ccc(Cl)cc3)n2)cc1. The summed E-state index contributed by atoms with van der Waals surface area (Å²) in [4.78, 5) is 8.74. The molecular weight excluding hydrogens is 359 g/mol. The molecule has 0 saturated carbocycles. The van der Waals surface area contributed by atoms with Crippen LogP contribution in [0, 0.1) is 0 Å². The molecule has 128 valence electrons. The number of halogens is 2. The molecular formula is C19H16Cl2N2O2. The van der Waals surface area contributed by atoms with Crippen molar-refractivity contribution in [1.82, 2.24) is 9.97 Å². The molecule has 0 atom stereocenters. The Morgan fingerprint density at radius 1 is 0.880 bits per heavy atom. The normalized spacial score (nSPS) is 10.5. The van der Waals surface area contributed by atoms with Crippen molar-refractivity contribution in [3.05, 3.63) is 65.8 Å². The lowest BCUT2D eigenvalue weighted by atomic mass is 10.2. The van der Waals surface area contributed by atoms with Gasteiger partial charge in [0.2, 0.25) is 5.88 Å². The van der Waals surface area contributed by atoms with Crippen LogP contribution in [0.2, 0.25) is 5.02 Å². The van der Waals surface area contributed by atoms with E-state index in [1.54, 1.807) is 36.5 Å². The highest BCUT2D eigenvalue weighted by molar-refractivity contribution is 6.30. The maximum absolute atomic E-state index is 5.87. The quantitative estimate of drug-likeness (QED) is 0.398. The second kappa shape index (κ2) is 8.70. The van der Waals surface area contributed by atoms with Crippen LogP contribution in [0.25, 0.3) is 11.4 Å². The van der Waals surface area contributed by atoms with Crippen LogP contribution >= 0.6 is 23.2 Å². The van der Waals surface area contributed by atoms with Crippen molar-refractivity contribution >= 4 is 23.2 Å². The molecule has 25 heavy (non-hydrogen) atoms. The van der Waals surface area contributed by atoms with E-state index < -0.39 is 0 Å². The Balaban J connectivity index is 1.71. The van der Waals surface area contributed by atoms with E-state index in [1.807, 2.05) is 24.3 Å². The average Bonchev–Trinajstić information content (AvgIpc) is 2.65. The first-order valence-electron chi connectivity index (χ1n) is 7.80. The number of hydrogen-bond donors (Lipinski definition) is 0. The number of ether oxygens (including phenoxy) is 2. The molecule has 0 N–H and O–H groups in total. The van der Waals surface area contributed by atoms with Crippen LogP contribution in [0.5, 0.6) is 17.4 Å². The fourth-order valence-electron chi connectivity index (χ4n) is 2.11. The zero-order valence-electron chi connectivity index (χ0n) is 13.4. The third kappa shape index (κ3) is 5.08. The summed E-state index contributed by atoms with van der Waals surface area (Å²) in [7, 11) is 0. The second-order valence-electron chi connectivity index (χ2n) is 5.19. The molecule has 0 unspecified atom stereocenters. The van der Waals surface area contributed by atoms with Crippen LogP contribution in [0.3, 0.4) is 0 Å². The highest BCUT2D eigenvalue weighted by Gasteiger charge is 2.05. The predicted molar refractivity (Wildman–Crippen MR) is 99.8 cm³/mol. The van der Waals surface area contributed by atoms with Crippen LogP contribution in [-0.4, -0.2) is 22.5 Å². The highest BCUT2D eigenvalue weighted by atomic mass is 35.5. The maximum Gasteiger partial charge on any atom is 0.222 e. The van der Waals surface area contributed by atoms with Gasteiger partial charge in [0, 0.05) is 28.7 Å². The Morgan fingerprint density at radius 3 is 2.32 bits per heavy atom. The Morgan fingerprint density at radius 2 is 1.60 bits per heavy atom. The van der Waals surface area contributed by atoms with Gasteiger partial charge in [0.25, 0.3) is 0 Å². The summed E-state index contributed by atoms with van der Waals surface area (Å²) in [5.41, 5.74) is 0.881. The van der Waals surface area contributed by atoms with Gasteiger partial charge in [-0.3, -0.25) is 0 Å². The fraction of sp³-hybridized carbons (Fsp3) is 0.158. The first-order valence-corrected chi connectivity index (χ1v) is 8.71. The van der Waals surface area contributed by atoms with E-state index in [0.29, 0.717) is 35.0 Å². The number of aromatic nitrogens is 2. The van der Waals surface area contributed by atoms with Crippen LogP contribution in [0.4, 0.5) is 0 Å². The van der Waals surface area contributed by atoms with Gasteiger partial charge < -0.3 is 9.47 Å². The minimum atomic E-state index is 0.467. The number of nitrogens with zero attached hydrogens (tertiary/aromatic N) is 2. The first-order chi connectivity index (χ1) is 12.2. The van der Waals surface area contributed by atoms with E-state index in [-0.39, 0.29) is 0 Å². The zero-order valence-corrected chi connectivity index (χ0v) is 14.9. The summed E-state index contributed by atoms with van der Waals surface area (Å²) in [6.45, 7) is 0.601. The molecule has 0 aliphatic carbocycles. The van der Waals surface area contributed by atoms with Crippen molar-refractivity contribution in [1.29, 1.82) is 0 Å². The molecule has 3 aromatic rings. The summed E-state index contributed by atoms with van der Waals surface area (Å²) in [5.74, 6) is 3.10. The maximum atomic E-state index is 5.87. The van der Waals surface area contributed by atoms with Gasteiger partial charge in [-0.15, -0.1) is 11.6 Å². The minimum Gasteiger partial charge on any atom is -0.494 e. The standard InChI is InChI=1S/C19H16Cl2N2O2/c20-11-1-13-24-16-6-2-14(3-7-16)19-22-12-10-18(23-19)25-17-8-4-15(21)5-9-17/h2-10,12H,1,11,13H2. The smallest absolute Gasteiger partial charge is 0.222 e. The third-order valence-electron chi connectivity index (χ3n) is 3.33. The molecule has 0 spiro atoms. The molecule has 6 heteroatoms. The molecule has 4 nitrogen and oxygen atoms in total. The van der Waals surface area contributed by atoms with Crippen molar-refractivity contribution < 1.29 is 9.47 Å². The van der Waals surface area contributed by atoms with E-state index >= 15 is 0 Å². The summed E-state index contributed by atoms with van der Waals surface area (Å²) < 4.78 is 11.3. The Labute approximate surface area is 156 Å². The van der Waals surface area contributed by atoms with E-state index in [9.17, 15) is 0 Å². The molecule has 3 rings (SSSR count). The summed E-state index contributed by atoms with van der Waals surface area (Å²) in [6, 6.07) is 16.4. The molecule has 0 radical (unpaired) electrons. The van der Waals surface area contributed by atoms with Crippen molar-refractivity contribution in [3.63, 3.8) is 0 Å². The van der Waals surface area contributed by atoms with Gasteiger partial charge >= 0.3 is 0 Å². The van der Waals surface area contributed by atoms with Crippen LogP contribution in [0.1, 0.15) is 6.42 Å². The fourth-order valence-corrected chi connectivity index (χ4v) is 2.34. The molecule has 0 bridgehead atoms. The molecule has 0 saturated heterocycles. The molecule has 0 fully saturated rings. The van der Waals surface area contributed by atoms with Gasteiger partial charge in [0.15, 0.2) is 5.82 Å². The topological polar surface area (TPSA) is 44.2 Å². The molecule has 1 aromatic heterocycles. The van der Waals surface area contributed by atoms with Crippen molar-refractivity contribution in [2.75, 3.05) is 12.5 Å². The Bertz CT molecular complexity index is 808. The summed E-state index contributed by atoms with van der Waals surface area (Å²) >= 11 is 11.5. The van der Waals surface area contributed by atoms with Crippen LogP contribution in [-0.2, 0) is 0 Å². The van der Waals surface area contributed by atoms with Gasteiger partial charge in [-0.25, -0.2) is 4.98 Å². The number of benzene rings is 2. The largest absolute Gasteiger partial charge is 0.494 e. The van der Waals surface area contributed by atoms with Gasteiger partial charge in [0.1, 0.15) is 11.5 Å². The average molecular weight is 375 g/mol. The monoisotopic (exact) mass is 374 g/mol. The van der Waals surface area contributed by atoms with Crippen molar-refractivity contribution in [2.24, 2.45) is 0 Å². The van der Waals surface area contributed by atoms with Gasteiger partial charge in [-0.1, -0.05) is 11.6 Å². The zero-order chi connectivity index (χ0) is 17.5. The van der Waals surface area contributed by atoms with E-state index in [0.717, 1.165) is 17.7 Å². The second-order valence-corrected chi connectivity index (χ2v) is 6.00. The van der Waals surface area contributed by atoms with Gasteiger partial charge in [-0.05, 0) is 55.0 Å². The minimum absolute atomic E-state index is 0.467. The predicted octanol–water partition coefficient (Wildman–Crippen LogP) is 5.60. The van der Waals surface area contributed by atoms with E-state index in [2.05, 4.69) is 9.97 Å². The number of hydrogen-bond acceptors (Lipinski definition) is 4. The first kappa shape index (κ1) is 17.5. The lowest BCUT2D eigenvalue weighted by molar-refractivity contribution is 0.318. The lowest BCUT2D eigenvalue weighted by Crippen LogP contribution is -1.97. The molecule has 0 amide bonds. The van der Waals surface area contributed by atoms with Gasteiger partial charge in [0.05, 0.1) is 6.61 Å². The summed E-state index contributed by atoms with van der Waals surface area (Å²) in [6.07, 6.45) is 2.48. The Kier molecular flexibility index (Phi) is 6.09. The van der Waals surface area contributed by atoms with E-state index in [4.69, 9.17) is 32.7 Å². The van der Waals surface area contributed by atoms with Gasteiger partial charge in [-0.2, -0.15) is 4.98 Å². The Hall–Kier alpha value is -2.30. The van der Waals surface area contributed by atoms with Crippen molar-refractivity contribution in [2.45, 2.75) is 6.42 Å². The molecule has 1 heterocycles. The van der Waals surface area contributed by atoms with Crippen LogP contribution in [0.15, 0.2) is 60.8 Å². The number of alkyl halides is 1. The number of rotatable bonds is 7. The molecule has 2 aromatic carbocycles. The molecule has 0 aliphatic rings.